The number of halogens is 1. The number of hydrogen-bond acceptors (Lipinski definition) is 1. The van der Waals surface area contributed by atoms with Gasteiger partial charge < -0.3 is 4.74 Å². The van der Waals surface area contributed by atoms with E-state index in [4.69, 9.17) is 4.74 Å². The van der Waals surface area contributed by atoms with Crippen molar-refractivity contribution in [2.75, 3.05) is 11.9 Å². The van der Waals surface area contributed by atoms with Crippen molar-refractivity contribution in [3.8, 4) is 0 Å². The van der Waals surface area contributed by atoms with Crippen molar-refractivity contribution >= 4 is 15.9 Å². The Balaban J connectivity index is 1.82. The number of benzene rings is 1. The molecule has 17 heavy (non-hydrogen) atoms. The van der Waals surface area contributed by atoms with Crippen molar-refractivity contribution in [2.45, 2.75) is 38.7 Å². The second-order valence-electron chi connectivity index (χ2n) is 5.01. The lowest BCUT2D eigenvalue weighted by atomic mass is 9.83. The van der Waals surface area contributed by atoms with Gasteiger partial charge in [-0.3, -0.25) is 0 Å². The molecule has 1 saturated carbocycles. The topological polar surface area (TPSA) is 9.23 Å². The summed E-state index contributed by atoms with van der Waals surface area (Å²) in [5.74, 6) is 0.934. The van der Waals surface area contributed by atoms with Crippen LogP contribution in [0.15, 0.2) is 24.3 Å². The molecule has 0 bridgehead atoms. The standard InChI is InChI=1S/C15H21BrO/c1-12-4-2-7-14(10-12)15(11-16)17-9-8-13-5-3-6-13/h2,4,7,10,13,15H,3,5-6,8-9,11H2,1H3. The van der Waals surface area contributed by atoms with Gasteiger partial charge in [0.2, 0.25) is 0 Å². The van der Waals surface area contributed by atoms with E-state index in [9.17, 15) is 0 Å². The Morgan fingerprint density at radius 2 is 2.24 bits per heavy atom. The van der Waals surface area contributed by atoms with Crippen LogP contribution in [0.2, 0.25) is 0 Å². The zero-order valence-corrected chi connectivity index (χ0v) is 12.1. The fourth-order valence-corrected chi connectivity index (χ4v) is 2.82. The molecule has 0 heterocycles. The third-order valence-electron chi connectivity index (χ3n) is 3.62. The average molecular weight is 297 g/mol. The first kappa shape index (κ1) is 13.1. The molecule has 0 aromatic heterocycles. The molecule has 1 aromatic rings. The Bertz CT molecular complexity index is 347. The second-order valence-corrected chi connectivity index (χ2v) is 5.66. The van der Waals surface area contributed by atoms with E-state index in [-0.39, 0.29) is 6.10 Å². The van der Waals surface area contributed by atoms with Crippen LogP contribution in [-0.4, -0.2) is 11.9 Å². The van der Waals surface area contributed by atoms with Crippen molar-refractivity contribution < 1.29 is 4.74 Å². The lowest BCUT2D eigenvalue weighted by Crippen LogP contribution is -2.15. The molecule has 94 valence electrons. The van der Waals surface area contributed by atoms with Crippen LogP contribution < -0.4 is 0 Å². The van der Waals surface area contributed by atoms with Crippen molar-refractivity contribution in [2.24, 2.45) is 5.92 Å². The first-order valence-electron chi connectivity index (χ1n) is 6.53. The van der Waals surface area contributed by atoms with E-state index in [1.54, 1.807) is 0 Å². The van der Waals surface area contributed by atoms with Crippen molar-refractivity contribution in [1.82, 2.24) is 0 Å². The minimum atomic E-state index is 0.204. The molecular weight excluding hydrogens is 276 g/mol. The van der Waals surface area contributed by atoms with Crippen LogP contribution >= 0.6 is 15.9 Å². The summed E-state index contributed by atoms with van der Waals surface area (Å²) in [6.07, 6.45) is 5.68. The Morgan fingerprint density at radius 1 is 1.41 bits per heavy atom. The summed E-state index contributed by atoms with van der Waals surface area (Å²) < 4.78 is 5.99. The summed E-state index contributed by atoms with van der Waals surface area (Å²) in [4.78, 5) is 0. The van der Waals surface area contributed by atoms with E-state index in [2.05, 4.69) is 47.1 Å². The van der Waals surface area contributed by atoms with Crippen molar-refractivity contribution in [3.05, 3.63) is 35.4 Å². The molecule has 0 radical (unpaired) electrons. The summed E-state index contributed by atoms with van der Waals surface area (Å²) in [5.41, 5.74) is 2.59. The summed E-state index contributed by atoms with van der Waals surface area (Å²) >= 11 is 3.55. The summed E-state index contributed by atoms with van der Waals surface area (Å²) in [6, 6.07) is 8.61. The fraction of sp³-hybridized carbons (Fsp3) is 0.600. The second kappa shape index (κ2) is 6.55. The molecule has 1 fully saturated rings. The molecule has 1 aliphatic rings. The molecule has 0 spiro atoms. The highest BCUT2D eigenvalue weighted by molar-refractivity contribution is 9.09. The molecule has 1 unspecified atom stereocenters. The van der Waals surface area contributed by atoms with E-state index in [1.165, 1.54) is 36.8 Å². The summed E-state index contributed by atoms with van der Waals surface area (Å²) in [7, 11) is 0. The highest BCUT2D eigenvalue weighted by Crippen LogP contribution is 2.30. The number of ether oxygens (including phenoxy) is 1. The first-order valence-corrected chi connectivity index (χ1v) is 7.66. The summed E-state index contributed by atoms with van der Waals surface area (Å²) in [6.45, 7) is 3.03. The molecule has 0 aliphatic heterocycles. The zero-order valence-electron chi connectivity index (χ0n) is 10.5. The molecule has 1 atom stereocenters. The number of aryl methyl sites for hydroxylation is 1. The maximum Gasteiger partial charge on any atom is 0.0921 e. The van der Waals surface area contributed by atoms with E-state index >= 15 is 0 Å². The van der Waals surface area contributed by atoms with Gasteiger partial charge in [0.05, 0.1) is 6.10 Å². The third kappa shape index (κ3) is 3.82. The van der Waals surface area contributed by atoms with Gasteiger partial charge in [-0.25, -0.2) is 0 Å². The van der Waals surface area contributed by atoms with Gasteiger partial charge in [-0.1, -0.05) is 65.0 Å². The molecule has 0 N–H and O–H groups in total. The van der Waals surface area contributed by atoms with Crippen LogP contribution in [0.5, 0.6) is 0 Å². The van der Waals surface area contributed by atoms with E-state index < -0.39 is 0 Å². The van der Waals surface area contributed by atoms with Crippen LogP contribution in [0.4, 0.5) is 0 Å². The van der Waals surface area contributed by atoms with Gasteiger partial charge >= 0.3 is 0 Å². The predicted molar refractivity (Wildman–Crippen MR) is 75.6 cm³/mol. The van der Waals surface area contributed by atoms with Crippen molar-refractivity contribution in [3.63, 3.8) is 0 Å². The smallest absolute Gasteiger partial charge is 0.0921 e. The van der Waals surface area contributed by atoms with Crippen molar-refractivity contribution in [1.29, 1.82) is 0 Å². The highest BCUT2D eigenvalue weighted by atomic mass is 79.9. The lowest BCUT2D eigenvalue weighted by molar-refractivity contribution is 0.0520. The molecule has 1 aromatic carbocycles. The maximum atomic E-state index is 5.99. The Hall–Kier alpha value is -0.340. The summed E-state index contributed by atoms with van der Waals surface area (Å²) in [5, 5.41) is 0.876. The fourth-order valence-electron chi connectivity index (χ4n) is 2.26. The van der Waals surface area contributed by atoms with Gasteiger partial charge in [-0.15, -0.1) is 0 Å². The van der Waals surface area contributed by atoms with Crippen LogP contribution in [0, 0.1) is 12.8 Å². The van der Waals surface area contributed by atoms with Gasteiger partial charge in [-0.2, -0.15) is 0 Å². The third-order valence-corrected chi connectivity index (χ3v) is 4.21. The average Bonchev–Trinajstić information content (AvgIpc) is 2.27. The van der Waals surface area contributed by atoms with E-state index in [0.717, 1.165) is 17.9 Å². The molecule has 1 nitrogen and oxygen atoms in total. The Morgan fingerprint density at radius 3 is 2.82 bits per heavy atom. The number of rotatable bonds is 6. The number of hydrogen-bond donors (Lipinski definition) is 0. The maximum absolute atomic E-state index is 5.99. The van der Waals surface area contributed by atoms with Gasteiger partial charge in [0.15, 0.2) is 0 Å². The van der Waals surface area contributed by atoms with Crippen LogP contribution in [0.25, 0.3) is 0 Å². The largest absolute Gasteiger partial charge is 0.373 e. The molecule has 2 rings (SSSR count). The van der Waals surface area contributed by atoms with Crippen LogP contribution in [0.3, 0.4) is 0 Å². The minimum absolute atomic E-state index is 0.204. The Labute approximate surface area is 113 Å². The van der Waals surface area contributed by atoms with Gasteiger partial charge in [0, 0.05) is 11.9 Å². The first-order chi connectivity index (χ1) is 8.29. The molecule has 0 saturated heterocycles. The minimum Gasteiger partial charge on any atom is -0.373 e. The van der Waals surface area contributed by atoms with Gasteiger partial charge in [-0.05, 0) is 24.8 Å². The predicted octanol–water partition coefficient (Wildman–Crippen LogP) is 4.64. The van der Waals surface area contributed by atoms with Gasteiger partial charge in [0.1, 0.15) is 0 Å². The van der Waals surface area contributed by atoms with Crippen LogP contribution in [0.1, 0.15) is 42.9 Å². The molecular formula is C15H21BrO. The molecule has 0 amide bonds. The monoisotopic (exact) mass is 296 g/mol. The lowest BCUT2D eigenvalue weighted by Gasteiger charge is -2.26. The van der Waals surface area contributed by atoms with E-state index in [0.29, 0.717) is 0 Å². The Kier molecular flexibility index (Phi) is 5.05. The zero-order chi connectivity index (χ0) is 12.1. The SMILES string of the molecule is Cc1cccc(C(CBr)OCCC2CCC2)c1. The van der Waals surface area contributed by atoms with Crippen LogP contribution in [-0.2, 0) is 4.74 Å². The normalized spacial score (nSPS) is 17.8. The molecule has 1 aliphatic carbocycles. The van der Waals surface area contributed by atoms with Gasteiger partial charge in [0.25, 0.3) is 0 Å². The quantitative estimate of drug-likeness (QED) is 0.695. The number of alkyl halides is 1. The highest BCUT2D eigenvalue weighted by Gasteiger charge is 2.18. The van der Waals surface area contributed by atoms with E-state index in [1.807, 2.05) is 0 Å². The molecule has 2 heteroatoms.